The second-order valence-corrected chi connectivity index (χ2v) is 5.65. The Labute approximate surface area is 107 Å². The number of thiazole rings is 1. The molecule has 2 aromatic rings. The minimum Gasteiger partial charge on any atom is -0.306 e. The second-order valence-electron chi connectivity index (χ2n) is 3.42. The quantitative estimate of drug-likeness (QED) is 0.943. The van der Waals surface area contributed by atoms with Crippen LogP contribution >= 0.6 is 27.3 Å². The molecule has 5 heteroatoms. The van der Waals surface area contributed by atoms with E-state index >= 15 is 0 Å². The Morgan fingerprint density at radius 3 is 2.75 bits per heavy atom. The number of hydrogen-bond acceptors (Lipinski definition) is 4. The predicted molar refractivity (Wildman–Crippen MR) is 69.3 cm³/mol. The van der Waals surface area contributed by atoms with E-state index in [2.05, 4.69) is 31.2 Å². The van der Waals surface area contributed by atoms with Crippen LogP contribution in [-0.4, -0.2) is 9.97 Å². The number of aryl methyl sites for hydroxylation is 1. The van der Waals surface area contributed by atoms with E-state index in [1.165, 1.54) is 4.88 Å². The summed E-state index contributed by atoms with van der Waals surface area (Å²) < 4.78 is 1.01. The van der Waals surface area contributed by atoms with Crippen LogP contribution in [0.5, 0.6) is 0 Å². The van der Waals surface area contributed by atoms with Gasteiger partial charge in [-0.3, -0.25) is 4.98 Å². The van der Waals surface area contributed by atoms with Gasteiger partial charge < -0.3 is 5.32 Å². The average molecular weight is 298 g/mol. The lowest BCUT2D eigenvalue weighted by atomic mass is 10.3. The number of aromatic nitrogens is 2. The van der Waals surface area contributed by atoms with Gasteiger partial charge in [0, 0.05) is 34.8 Å². The normalized spacial score (nSPS) is 10.6. The Bertz CT molecular complexity index is 453. The Hall–Kier alpha value is -0.780. The molecule has 0 bridgehead atoms. The molecule has 0 spiro atoms. The molecule has 0 saturated heterocycles. The Kier molecular flexibility index (Phi) is 4.04. The molecule has 2 rings (SSSR count). The first-order valence-corrected chi connectivity index (χ1v) is 6.57. The summed E-state index contributed by atoms with van der Waals surface area (Å²) in [6.07, 6.45) is 3.73. The van der Waals surface area contributed by atoms with Crippen LogP contribution in [0.4, 0.5) is 0 Å². The topological polar surface area (TPSA) is 37.8 Å². The molecular formula is C11H12BrN3S. The molecule has 84 valence electrons. The Balaban J connectivity index is 1.82. The van der Waals surface area contributed by atoms with E-state index in [-0.39, 0.29) is 0 Å². The largest absolute Gasteiger partial charge is 0.306 e. The molecule has 0 aromatic carbocycles. The monoisotopic (exact) mass is 297 g/mol. The molecule has 2 heterocycles. The highest BCUT2D eigenvalue weighted by Gasteiger charge is 1.98. The summed E-state index contributed by atoms with van der Waals surface area (Å²) in [6.45, 7) is 3.65. The third kappa shape index (κ3) is 3.37. The molecule has 0 amide bonds. The number of nitrogens with zero attached hydrogens (tertiary/aromatic N) is 2. The number of nitrogens with one attached hydrogen (secondary N) is 1. The van der Waals surface area contributed by atoms with Crippen LogP contribution in [0, 0.1) is 6.92 Å². The summed E-state index contributed by atoms with van der Waals surface area (Å²) in [5.41, 5.74) is 1.05. The zero-order chi connectivity index (χ0) is 11.4. The minimum atomic E-state index is 0.782. The molecule has 0 fully saturated rings. The molecular weight excluding hydrogens is 286 g/mol. The summed E-state index contributed by atoms with van der Waals surface area (Å²) in [5.74, 6) is 0. The van der Waals surface area contributed by atoms with Crippen molar-refractivity contribution in [2.45, 2.75) is 20.0 Å². The van der Waals surface area contributed by atoms with Gasteiger partial charge in [0.2, 0.25) is 0 Å². The van der Waals surface area contributed by atoms with Crippen LogP contribution in [0.1, 0.15) is 15.6 Å². The highest BCUT2D eigenvalue weighted by Crippen LogP contribution is 2.11. The van der Waals surface area contributed by atoms with Crippen molar-refractivity contribution in [1.29, 1.82) is 0 Å². The minimum absolute atomic E-state index is 0.782. The molecule has 0 unspecified atom stereocenters. The van der Waals surface area contributed by atoms with Crippen molar-refractivity contribution < 1.29 is 0 Å². The van der Waals surface area contributed by atoms with E-state index in [1.54, 1.807) is 11.3 Å². The maximum atomic E-state index is 4.29. The maximum absolute atomic E-state index is 4.29. The average Bonchev–Trinajstić information content (AvgIpc) is 2.67. The Morgan fingerprint density at radius 1 is 1.25 bits per heavy atom. The molecule has 2 aromatic heterocycles. The van der Waals surface area contributed by atoms with Crippen LogP contribution in [-0.2, 0) is 13.1 Å². The highest BCUT2D eigenvalue weighted by atomic mass is 79.9. The third-order valence-corrected chi connectivity index (χ3v) is 3.44. The fourth-order valence-corrected chi connectivity index (χ4v) is 2.31. The van der Waals surface area contributed by atoms with Crippen LogP contribution in [0.2, 0.25) is 0 Å². The third-order valence-electron chi connectivity index (χ3n) is 2.06. The van der Waals surface area contributed by atoms with Crippen molar-refractivity contribution in [2.75, 3.05) is 0 Å². The molecule has 0 atom stereocenters. The lowest BCUT2D eigenvalue weighted by Crippen LogP contribution is -2.12. The molecule has 0 radical (unpaired) electrons. The lowest BCUT2D eigenvalue weighted by molar-refractivity contribution is 0.685. The van der Waals surface area contributed by atoms with Gasteiger partial charge in [-0.05, 0) is 35.0 Å². The SMILES string of the molecule is Cc1ncc(CNCc2ccc(Br)cn2)s1. The second kappa shape index (κ2) is 5.52. The fraction of sp³-hybridized carbons (Fsp3) is 0.273. The summed E-state index contributed by atoms with van der Waals surface area (Å²) in [5, 5.41) is 4.45. The molecule has 0 aliphatic carbocycles. The van der Waals surface area contributed by atoms with Gasteiger partial charge in [-0.2, -0.15) is 0 Å². The van der Waals surface area contributed by atoms with Gasteiger partial charge in [-0.1, -0.05) is 0 Å². The van der Waals surface area contributed by atoms with Gasteiger partial charge in [-0.15, -0.1) is 11.3 Å². The van der Waals surface area contributed by atoms with Gasteiger partial charge in [0.15, 0.2) is 0 Å². The van der Waals surface area contributed by atoms with Crippen molar-refractivity contribution in [3.8, 4) is 0 Å². The van der Waals surface area contributed by atoms with Crippen molar-refractivity contribution in [3.05, 3.63) is 44.6 Å². The zero-order valence-corrected chi connectivity index (χ0v) is 11.3. The number of pyridine rings is 1. The number of hydrogen-bond donors (Lipinski definition) is 1. The lowest BCUT2D eigenvalue weighted by Gasteiger charge is -2.02. The van der Waals surface area contributed by atoms with Gasteiger partial charge in [0.05, 0.1) is 10.7 Å². The first-order chi connectivity index (χ1) is 7.74. The molecule has 0 aliphatic heterocycles. The van der Waals surface area contributed by atoms with Crippen molar-refractivity contribution in [3.63, 3.8) is 0 Å². The van der Waals surface area contributed by atoms with E-state index < -0.39 is 0 Å². The van der Waals surface area contributed by atoms with Crippen LogP contribution in [0.25, 0.3) is 0 Å². The maximum Gasteiger partial charge on any atom is 0.0897 e. The smallest absolute Gasteiger partial charge is 0.0897 e. The van der Waals surface area contributed by atoms with Crippen molar-refractivity contribution in [1.82, 2.24) is 15.3 Å². The predicted octanol–water partition coefficient (Wildman–Crippen LogP) is 2.90. The number of rotatable bonds is 4. The van der Waals surface area contributed by atoms with E-state index in [4.69, 9.17) is 0 Å². The number of halogens is 1. The van der Waals surface area contributed by atoms with Gasteiger partial charge >= 0.3 is 0 Å². The van der Waals surface area contributed by atoms with E-state index in [0.29, 0.717) is 0 Å². The van der Waals surface area contributed by atoms with Crippen LogP contribution in [0.15, 0.2) is 29.0 Å². The van der Waals surface area contributed by atoms with Gasteiger partial charge in [0.25, 0.3) is 0 Å². The molecule has 16 heavy (non-hydrogen) atoms. The standard InChI is InChI=1S/C11H12BrN3S/c1-8-14-7-11(16-8)6-13-5-10-3-2-9(12)4-15-10/h2-4,7,13H,5-6H2,1H3. The molecule has 0 saturated carbocycles. The fourth-order valence-electron chi connectivity index (χ4n) is 1.31. The first-order valence-electron chi connectivity index (χ1n) is 4.96. The van der Waals surface area contributed by atoms with Crippen LogP contribution < -0.4 is 5.32 Å². The summed E-state index contributed by atoms with van der Waals surface area (Å²) in [7, 11) is 0. The van der Waals surface area contributed by atoms with E-state index in [1.807, 2.05) is 31.5 Å². The van der Waals surface area contributed by atoms with Crippen molar-refractivity contribution in [2.24, 2.45) is 0 Å². The van der Waals surface area contributed by atoms with Crippen molar-refractivity contribution >= 4 is 27.3 Å². The summed E-state index contributed by atoms with van der Waals surface area (Å²) in [4.78, 5) is 9.76. The molecule has 3 nitrogen and oxygen atoms in total. The molecule has 1 N–H and O–H groups in total. The zero-order valence-electron chi connectivity index (χ0n) is 8.90. The molecule has 0 aliphatic rings. The summed E-state index contributed by atoms with van der Waals surface area (Å²) in [6, 6.07) is 4.01. The highest BCUT2D eigenvalue weighted by molar-refractivity contribution is 9.10. The van der Waals surface area contributed by atoms with Gasteiger partial charge in [0.1, 0.15) is 0 Å². The Morgan fingerprint density at radius 2 is 2.12 bits per heavy atom. The van der Waals surface area contributed by atoms with E-state index in [9.17, 15) is 0 Å². The van der Waals surface area contributed by atoms with Gasteiger partial charge in [-0.25, -0.2) is 4.98 Å². The summed E-state index contributed by atoms with van der Waals surface area (Å²) >= 11 is 5.09. The van der Waals surface area contributed by atoms with Crippen LogP contribution in [0.3, 0.4) is 0 Å². The van der Waals surface area contributed by atoms with E-state index in [0.717, 1.165) is 28.3 Å². The first kappa shape index (κ1) is 11.7.